The van der Waals surface area contributed by atoms with Gasteiger partial charge in [0.2, 0.25) is 0 Å². The zero-order chi connectivity index (χ0) is 14.2. The second-order valence-electron chi connectivity index (χ2n) is 7.52. The number of rotatable bonds is 2. The minimum Gasteiger partial charge on any atom is -0.294 e. The molecule has 4 rings (SSSR count). The van der Waals surface area contributed by atoms with Gasteiger partial charge in [0.1, 0.15) is 0 Å². The number of ketones is 1. The van der Waals surface area contributed by atoms with Crippen LogP contribution in [0, 0.1) is 17.8 Å². The summed E-state index contributed by atoms with van der Waals surface area (Å²) in [6, 6.07) is 6.51. The Bertz CT molecular complexity index is 545. The molecule has 1 aromatic rings. The predicted octanol–water partition coefficient (Wildman–Crippen LogP) is 4.96. The predicted molar refractivity (Wildman–Crippen MR) is 85.6 cm³/mol. The quantitative estimate of drug-likeness (QED) is 0.700. The van der Waals surface area contributed by atoms with Crippen LogP contribution in [-0.4, -0.2) is 5.78 Å². The van der Waals surface area contributed by atoms with Gasteiger partial charge in [-0.05, 0) is 67.6 Å². The van der Waals surface area contributed by atoms with Crippen molar-refractivity contribution in [2.45, 2.75) is 64.2 Å². The number of hydrogen-bond acceptors (Lipinski definition) is 1. The van der Waals surface area contributed by atoms with Crippen molar-refractivity contribution >= 4 is 5.78 Å². The van der Waals surface area contributed by atoms with E-state index in [1.165, 1.54) is 68.9 Å². The number of carbonyl (C=O) groups is 1. The maximum absolute atomic E-state index is 12.9. The van der Waals surface area contributed by atoms with E-state index < -0.39 is 0 Å². The van der Waals surface area contributed by atoms with Crippen molar-refractivity contribution < 1.29 is 4.79 Å². The van der Waals surface area contributed by atoms with E-state index in [9.17, 15) is 4.79 Å². The van der Waals surface area contributed by atoms with Gasteiger partial charge in [0.05, 0.1) is 0 Å². The number of carbonyl (C=O) groups excluding carboxylic acids is 1. The van der Waals surface area contributed by atoms with Gasteiger partial charge in [0.15, 0.2) is 5.78 Å². The zero-order valence-electron chi connectivity index (χ0n) is 12.9. The van der Waals surface area contributed by atoms with E-state index in [-0.39, 0.29) is 0 Å². The molecule has 21 heavy (non-hydrogen) atoms. The van der Waals surface area contributed by atoms with E-state index in [1.807, 2.05) is 0 Å². The molecule has 0 spiro atoms. The average Bonchev–Trinajstić information content (AvgIpc) is 3.01. The van der Waals surface area contributed by atoms with Gasteiger partial charge in [0, 0.05) is 11.5 Å². The number of Topliss-reactive ketones (excluding diaryl/α,β-unsaturated/α-hetero) is 1. The van der Waals surface area contributed by atoms with E-state index in [4.69, 9.17) is 0 Å². The van der Waals surface area contributed by atoms with Crippen molar-refractivity contribution in [3.05, 3.63) is 34.9 Å². The molecule has 2 fully saturated rings. The summed E-state index contributed by atoms with van der Waals surface area (Å²) in [5.74, 6) is 2.52. The first kappa shape index (κ1) is 13.5. The maximum atomic E-state index is 12.9. The Hall–Kier alpha value is -1.11. The van der Waals surface area contributed by atoms with Gasteiger partial charge in [-0.2, -0.15) is 0 Å². The van der Waals surface area contributed by atoms with Crippen molar-refractivity contribution in [3.8, 4) is 0 Å². The Morgan fingerprint density at radius 1 is 0.857 bits per heavy atom. The van der Waals surface area contributed by atoms with Gasteiger partial charge in [-0.15, -0.1) is 0 Å². The fourth-order valence-corrected chi connectivity index (χ4v) is 5.07. The highest BCUT2D eigenvalue weighted by Crippen LogP contribution is 2.43. The van der Waals surface area contributed by atoms with Crippen LogP contribution < -0.4 is 0 Å². The maximum Gasteiger partial charge on any atom is 0.165 e. The molecule has 3 aliphatic rings. The first-order valence-electron chi connectivity index (χ1n) is 8.97. The van der Waals surface area contributed by atoms with E-state index in [1.54, 1.807) is 0 Å². The monoisotopic (exact) mass is 282 g/mol. The van der Waals surface area contributed by atoms with Crippen LogP contribution in [0.15, 0.2) is 18.2 Å². The van der Waals surface area contributed by atoms with Crippen LogP contribution in [0.5, 0.6) is 0 Å². The van der Waals surface area contributed by atoms with E-state index in [0.29, 0.717) is 11.7 Å². The van der Waals surface area contributed by atoms with Gasteiger partial charge in [-0.3, -0.25) is 4.79 Å². The number of benzene rings is 1. The summed E-state index contributed by atoms with van der Waals surface area (Å²) >= 11 is 0. The molecule has 0 N–H and O–H groups in total. The Morgan fingerprint density at radius 3 is 2.57 bits per heavy atom. The molecule has 3 aliphatic carbocycles. The Labute approximate surface area is 128 Å². The SMILES string of the molecule is O=C(c1ccc2c(c1)CCC2)C1CCC2CCCCC2C1. The van der Waals surface area contributed by atoms with Crippen LogP contribution in [0.3, 0.4) is 0 Å². The second kappa shape index (κ2) is 5.59. The molecule has 0 aromatic heterocycles. The Morgan fingerprint density at radius 2 is 1.67 bits per heavy atom. The van der Waals surface area contributed by atoms with Crippen molar-refractivity contribution in [2.75, 3.05) is 0 Å². The van der Waals surface area contributed by atoms with Crippen molar-refractivity contribution in [1.29, 1.82) is 0 Å². The molecule has 1 nitrogen and oxygen atoms in total. The van der Waals surface area contributed by atoms with Crippen LogP contribution in [0.4, 0.5) is 0 Å². The van der Waals surface area contributed by atoms with Crippen molar-refractivity contribution in [1.82, 2.24) is 0 Å². The van der Waals surface area contributed by atoms with E-state index in [0.717, 1.165) is 23.8 Å². The minimum absolute atomic E-state index is 0.309. The summed E-state index contributed by atoms with van der Waals surface area (Å²) in [6.07, 6.45) is 12.8. The summed E-state index contributed by atoms with van der Waals surface area (Å²) < 4.78 is 0. The van der Waals surface area contributed by atoms with Crippen molar-refractivity contribution in [2.24, 2.45) is 17.8 Å². The molecule has 0 amide bonds. The normalized spacial score (nSPS) is 31.5. The van der Waals surface area contributed by atoms with Crippen molar-refractivity contribution in [3.63, 3.8) is 0 Å². The number of hydrogen-bond donors (Lipinski definition) is 0. The molecule has 1 aromatic carbocycles. The molecule has 0 saturated heterocycles. The van der Waals surface area contributed by atoms with E-state index in [2.05, 4.69) is 18.2 Å². The summed E-state index contributed by atoms with van der Waals surface area (Å²) in [5.41, 5.74) is 3.91. The van der Waals surface area contributed by atoms with Crippen LogP contribution >= 0.6 is 0 Å². The first-order valence-corrected chi connectivity index (χ1v) is 8.97. The zero-order valence-corrected chi connectivity index (χ0v) is 12.9. The van der Waals surface area contributed by atoms with E-state index >= 15 is 0 Å². The molecular weight excluding hydrogens is 256 g/mol. The molecule has 2 saturated carbocycles. The van der Waals surface area contributed by atoms with Gasteiger partial charge >= 0.3 is 0 Å². The third-order valence-electron chi connectivity index (χ3n) is 6.29. The molecule has 0 aliphatic heterocycles. The lowest BCUT2D eigenvalue weighted by atomic mass is 9.66. The Balaban J connectivity index is 1.49. The van der Waals surface area contributed by atoms with Crippen LogP contribution in [-0.2, 0) is 12.8 Å². The minimum atomic E-state index is 0.309. The third kappa shape index (κ3) is 2.56. The molecule has 0 radical (unpaired) electrons. The smallest absolute Gasteiger partial charge is 0.165 e. The number of aryl methyl sites for hydroxylation is 2. The summed E-state index contributed by atoms with van der Waals surface area (Å²) in [7, 11) is 0. The summed E-state index contributed by atoms with van der Waals surface area (Å²) in [4.78, 5) is 12.9. The second-order valence-corrected chi connectivity index (χ2v) is 7.52. The molecule has 0 bridgehead atoms. The first-order chi connectivity index (χ1) is 10.3. The molecule has 3 unspecified atom stereocenters. The van der Waals surface area contributed by atoms with Crippen LogP contribution in [0.2, 0.25) is 0 Å². The highest BCUT2D eigenvalue weighted by molar-refractivity contribution is 5.98. The standard InChI is InChI=1S/C20H26O/c21-20(19-11-9-15-6-3-7-17(15)13-19)18-10-8-14-4-1-2-5-16(14)12-18/h9,11,13-14,16,18H,1-8,10,12H2. The molecule has 1 heteroatoms. The van der Waals surface area contributed by atoms with Gasteiger partial charge < -0.3 is 0 Å². The van der Waals surface area contributed by atoms with Crippen LogP contribution in [0.25, 0.3) is 0 Å². The summed E-state index contributed by atoms with van der Waals surface area (Å²) in [5, 5.41) is 0. The lowest BCUT2D eigenvalue weighted by Gasteiger charge is -2.38. The molecule has 112 valence electrons. The van der Waals surface area contributed by atoms with Gasteiger partial charge in [-0.1, -0.05) is 37.8 Å². The summed E-state index contributed by atoms with van der Waals surface area (Å²) in [6.45, 7) is 0. The lowest BCUT2D eigenvalue weighted by molar-refractivity contribution is 0.0763. The third-order valence-corrected chi connectivity index (χ3v) is 6.29. The van der Waals surface area contributed by atoms with Gasteiger partial charge in [-0.25, -0.2) is 0 Å². The molecule has 3 atom stereocenters. The molecular formula is C20H26O. The topological polar surface area (TPSA) is 17.1 Å². The lowest BCUT2D eigenvalue weighted by Crippen LogP contribution is -2.31. The van der Waals surface area contributed by atoms with Gasteiger partial charge in [0.25, 0.3) is 0 Å². The highest BCUT2D eigenvalue weighted by atomic mass is 16.1. The van der Waals surface area contributed by atoms with Crippen LogP contribution in [0.1, 0.15) is 72.9 Å². The Kier molecular flexibility index (Phi) is 3.61. The number of fused-ring (bicyclic) bond motifs is 2. The largest absolute Gasteiger partial charge is 0.294 e. The fourth-order valence-electron chi connectivity index (χ4n) is 5.07. The highest BCUT2D eigenvalue weighted by Gasteiger charge is 2.35. The average molecular weight is 282 g/mol. The molecule has 0 heterocycles. The fraction of sp³-hybridized carbons (Fsp3) is 0.650.